The number of hydrogen-bond donors (Lipinski definition) is 2. The second kappa shape index (κ2) is 3.24. The fourth-order valence-corrected chi connectivity index (χ4v) is 1.04. The molecule has 0 spiro atoms. The average Bonchev–Trinajstić information content (AvgIpc) is 1.94. The maximum absolute atomic E-state index is 12.6. The van der Waals surface area contributed by atoms with Gasteiger partial charge in [-0.25, -0.2) is 4.39 Å². The van der Waals surface area contributed by atoms with Gasteiger partial charge in [0.15, 0.2) is 0 Å². The molecule has 2 N–H and O–H groups in total. The third-order valence-corrected chi connectivity index (χ3v) is 1.84. The van der Waals surface area contributed by atoms with Gasteiger partial charge in [0, 0.05) is 10.9 Å². The zero-order valence-corrected chi connectivity index (χ0v) is 7.11. The molecule has 0 bridgehead atoms. The smallest absolute Gasteiger partial charge is 0.136 e. The van der Waals surface area contributed by atoms with Gasteiger partial charge in [-0.1, -0.05) is 6.07 Å². The second-order valence-electron chi connectivity index (χ2n) is 2.50. The summed E-state index contributed by atoms with van der Waals surface area (Å²) in [6.45, 7) is 1.85. The molecule has 0 aliphatic heterocycles. The molecule has 1 atom stereocenters. The number of rotatable bonds is 1. The van der Waals surface area contributed by atoms with Crippen LogP contribution in [0.2, 0.25) is 0 Å². The van der Waals surface area contributed by atoms with E-state index in [-0.39, 0.29) is 11.9 Å². The van der Waals surface area contributed by atoms with Crippen molar-refractivity contribution >= 4 is 12.6 Å². The number of benzene rings is 1. The predicted octanol–water partition coefficient (Wildman–Crippen LogP) is 2.13. The molecule has 11 heavy (non-hydrogen) atoms. The quantitative estimate of drug-likeness (QED) is 0.622. The lowest BCUT2D eigenvalue weighted by atomic mass is 10.1. The van der Waals surface area contributed by atoms with Gasteiger partial charge in [-0.15, -0.1) is 12.6 Å². The molecule has 60 valence electrons. The van der Waals surface area contributed by atoms with Gasteiger partial charge < -0.3 is 5.73 Å². The van der Waals surface area contributed by atoms with E-state index in [4.69, 9.17) is 5.73 Å². The molecule has 1 nitrogen and oxygen atoms in total. The summed E-state index contributed by atoms with van der Waals surface area (Å²) < 4.78 is 12.6. The lowest BCUT2D eigenvalue weighted by Crippen LogP contribution is -2.04. The van der Waals surface area contributed by atoms with E-state index in [1.54, 1.807) is 12.1 Å². The first-order chi connectivity index (χ1) is 5.11. The Balaban J connectivity index is 3.05. The minimum atomic E-state index is -0.308. The van der Waals surface area contributed by atoms with Gasteiger partial charge in [0.25, 0.3) is 0 Å². The molecule has 0 aliphatic rings. The second-order valence-corrected chi connectivity index (χ2v) is 2.98. The number of halogens is 1. The van der Waals surface area contributed by atoms with Crippen LogP contribution in [-0.2, 0) is 0 Å². The van der Waals surface area contributed by atoms with Crippen LogP contribution < -0.4 is 5.73 Å². The lowest BCUT2D eigenvalue weighted by Gasteiger charge is -2.05. The minimum absolute atomic E-state index is 0.0681. The van der Waals surface area contributed by atoms with Gasteiger partial charge in [0.1, 0.15) is 5.82 Å². The van der Waals surface area contributed by atoms with Crippen LogP contribution in [0, 0.1) is 5.82 Å². The fourth-order valence-electron chi connectivity index (χ4n) is 0.813. The van der Waals surface area contributed by atoms with Crippen molar-refractivity contribution in [2.24, 2.45) is 5.73 Å². The van der Waals surface area contributed by atoms with E-state index in [1.807, 2.05) is 6.92 Å². The summed E-state index contributed by atoms with van der Waals surface area (Å²) >= 11 is 3.93. The summed E-state index contributed by atoms with van der Waals surface area (Å²) in [5.41, 5.74) is 6.48. The van der Waals surface area contributed by atoms with E-state index < -0.39 is 0 Å². The minimum Gasteiger partial charge on any atom is -0.324 e. The van der Waals surface area contributed by atoms with Crippen LogP contribution in [0.4, 0.5) is 4.39 Å². The van der Waals surface area contributed by atoms with Gasteiger partial charge in [0.2, 0.25) is 0 Å². The van der Waals surface area contributed by atoms with Crippen molar-refractivity contribution in [1.82, 2.24) is 0 Å². The molecule has 0 aliphatic carbocycles. The maximum atomic E-state index is 12.6. The van der Waals surface area contributed by atoms with Crippen molar-refractivity contribution < 1.29 is 4.39 Å². The van der Waals surface area contributed by atoms with E-state index in [0.29, 0.717) is 4.90 Å². The zero-order valence-electron chi connectivity index (χ0n) is 6.21. The van der Waals surface area contributed by atoms with Crippen LogP contribution in [0.15, 0.2) is 23.1 Å². The Morgan fingerprint density at radius 3 is 2.64 bits per heavy atom. The van der Waals surface area contributed by atoms with Gasteiger partial charge >= 0.3 is 0 Å². The predicted molar refractivity (Wildman–Crippen MR) is 46.3 cm³/mol. The molecule has 1 rings (SSSR count). The van der Waals surface area contributed by atoms with Gasteiger partial charge in [-0.2, -0.15) is 0 Å². The normalized spacial score (nSPS) is 13.1. The van der Waals surface area contributed by atoms with Crippen LogP contribution >= 0.6 is 12.6 Å². The molecule has 3 heteroatoms. The molecule has 0 aromatic heterocycles. The summed E-state index contributed by atoms with van der Waals surface area (Å²) in [5.74, 6) is -0.308. The number of hydrogen-bond acceptors (Lipinski definition) is 2. The Morgan fingerprint density at radius 2 is 2.18 bits per heavy atom. The Morgan fingerprint density at radius 1 is 1.55 bits per heavy atom. The molecule has 0 fully saturated rings. The van der Waals surface area contributed by atoms with Crippen molar-refractivity contribution in [3.8, 4) is 0 Å². The zero-order chi connectivity index (χ0) is 8.43. The Bertz CT molecular complexity index is 260. The third kappa shape index (κ3) is 1.94. The van der Waals surface area contributed by atoms with E-state index >= 15 is 0 Å². The van der Waals surface area contributed by atoms with E-state index in [2.05, 4.69) is 12.6 Å². The van der Waals surface area contributed by atoms with Crippen molar-refractivity contribution in [2.75, 3.05) is 0 Å². The highest BCUT2D eigenvalue weighted by atomic mass is 32.1. The summed E-state index contributed by atoms with van der Waals surface area (Å²) in [4.78, 5) is 0.347. The first-order valence-corrected chi connectivity index (χ1v) is 3.80. The van der Waals surface area contributed by atoms with Crippen molar-refractivity contribution in [2.45, 2.75) is 17.9 Å². The molecule has 0 amide bonds. The molecule has 1 aromatic carbocycles. The standard InChI is InChI=1S/C8H10FNS/c1-5(10)6-2-3-7(9)8(11)4-6/h2-5,11H,10H2,1H3. The van der Waals surface area contributed by atoms with Gasteiger partial charge in [-0.3, -0.25) is 0 Å². The van der Waals surface area contributed by atoms with Gasteiger partial charge in [0.05, 0.1) is 0 Å². The van der Waals surface area contributed by atoms with Crippen LogP contribution in [0.25, 0.3) is 0 Å². The van der Waals surface area contributed by atoms with Crippen molar-refractivity contribution in [1.29, 1.82) is 0 Å². The fraction of sp³-hybridized carbons (Fsp3) is 0.250. The third-order valence-electron chi connectivity index (χ3n) is 1.50. The summed E-state index contributed by atoms with van der Waals surface area (Å²) in [5, 5.41) is 0. The Hall–Kier alpha value is -0.540. The van der Waals surface area contributed by atoms with Crippen molar-refractivity contribution in [3.05, 3.63) is 29.6 Å². The molecule has 1 aromatic rings. The van der Waals surface area contributed by atoms with Crippen LogP contribution in [-0.4, -0.2) is 0 Å². The average molecular weight is 171 g/mol. The lowest BCUT2D eigenvalue weighted by molar-refractivity contribution is 0.600. The molecule has 0 heterocycles. The summed E-state index contributed by atoms with van der Waals surface area (Å²) in [7, 11) is 0. The van der Waals surface area contributed by atoms with E-state index in [9.17, 15) is 4.39 Å². The van der Waals surface area contributed by atoms with Gasteiger partial charge in [-0.05, 0) is 24.6 Å². The molecular formula is C8H10FNS. The van der Waals surface area contributed by atoms with E-state index in [0.717, 1.165) is 5.56 Å². The highest BCUT2D eigenvalue weighted by Crippen LogP contribution is 2.17. The SMILES string of the molecule is CC(N)c1ccc(F)c(S)c1. The van der Waals surface area contributed by atoms with Crippen molar-refractivity contribution in [3.63, 3.8) is 0 Å². The number of nitrogens with two attached hydrogens (primary N) is 1. The number of thiol groups is 1. The topological polar surface area (TPSA) is 26.0 Å². The highest BCUT2D eigenvalue weighted by molar-refractivity contribution is 7.80. The summed E-state index contributed by atoms with van der Waals surface area (Å²) in [6, 6.07) is 4.62. The van der Waals surface area contributed by atoms with E-state index in [1.165, 1.54) is 6.07 Å². The Labute approximate surface area is 70.8 Å². The molecule has 0 radical (unpaired) electrons. The van der Waals surface area contributed by atoms with Crippen LogP contribution in [0.3, 0.4) is 0 Å². The Kier molecular flexibility index (Phi) is 2.52. The molecular weight excluding hydrogens is 161 g/mol. The van der Waals surface area contributed by atoms with Crippen LogP contribution in [0.5, 0.6) is 0 Å². The maximum Gasteiger partial charge on any atom is 0.136 e. The molecule has 1 unspecified atom stereocenters. The van der Waals surface area contributed by atoms with Crippen LogP contribution in [0.1, 0.15) is 18.5 Å². The summed E-state index contributed by atoms with van der Waals surface area (Å²) in [6.07, 6.45) is 0. The molecule has 0 saturated carbocycles. The highest BCUT2D eigenvalue weighted by Gasteiger charge is 2.02. The first-order valence-electron chi connectivity index (χ1n) is 3.35. The molecule has 0 saturated heterocycles. The largest absolute Gasteiger partial charge is 0.324 e. The first kappa shape index (κ1) is 8.56. The monoisotopic (exact) mass is 171 g/mol.